The number of ether oxygens (including phenoxy) is 2. The van der Waals surface area contributed by atoms with E-state index in [9.17, 15) is 4.79 Å². The summed E-state index contributed by atoms with van der Waals surface area (Å²) in [6.07, 6.45) is 0. The third-order valence-corrected chi connectivity index (χ3v) is 6.15. The van der Waals surface area contributed by atoms with Crippen LogP contribution >= 0.6 is 0 Å². The Labute approximate surface area is 212 Å². The first kappa shape index (κ1) is 25.2. The van der Waals surface area contributed by atoms with Crippen molar-refractivity contribution in [2.24, 2.45) is 0 Å². The maximum atomic E-state index is 12.9. The number of carbonyl (C=O) groups is 1. The lowest BCUT2D eigenvalue weighted by atomic mass is 10.1. The van der Waals surface area contributed by atoms with Crippen LogP contribution in [0.25, 0.3) is 0 Å². The molecule has 1 heterocycles. The molecule has 3 aromatic rings. The van der Waals surface area contributed by atoms with E-state index in [1.807, 2.05) is 48.5 Å². The van der Waals surface area contributed by atoms with Gasteiger partial charge in [-0.05, 0) is 42.9 Å². The van der Waals surface area contributed by atoms with Crippen LogP contribution in [0.4, 0.5) is 11.4 Å². The molecule has 1 amide bonds. The molecule has 188 valence electrons. The number of nitrogens with zero attached hydrogens (tertiary/aromatic N) is 2. The lowest BCUT2D eigenvalue weighted by Crippen LogP contribution is -2.51. The van der Waals surface area contributed by atoms with Crippen LogP contribution < -0.4 is 26.1 Å². The Morgan fingerprint density at radius 1 is 0.972 bits per heavy atom. The van der Waals surface area contributed by atoms with E-state index >= 15 is 0 Å². The average Bonchev–Trinajstić information content (AvgIpc) is 2.89. The van der Waals surface area contributed by atoms with Crippen LogP contribution in [0.1, 0.15) is 21.5 Å². The minimum atomic E-state index is -0.279. The van der Waals surface area contributed by atoms with Crippen molar-refractivity contribution in [3.8, 4) is 5.75 Å². The summed E-state index contributed by atoms with van der Waals surface area (Å²) in [5.41, 5.74) is 9.86. The number of likely N-dealkylation sites (N-methyl/N-ethyl adjacent to an activating group) is 1. The van der Waals surface area contributed by atoms with Crippen LogP contribution in [0.15, 0.2) is 72.8 Å². The summed E-state index contributed by atoms with van der Waals surface area (Å²) in [5, 5.41) is 8.98. The molecule has 0 unspecified atom stereocenters. The summed E-state index contributed by atoms with van der Waals surface area (Å²) in [7, 11) is 2.12. The van der Waals surface area contributed by atoms with Gasteiger partial charge in [0.05, 0.1) is 30.0 Å². The van der Waals surface area contributed by atoms with E-state index in [1.54, 1.807) is 24.3 Å². The van der Waals surface area contributed by atoms with E-state index in [4.69, 9.17) is 20.6 Å². The first-order chi connectivity index (χ1) is 17.5. The standard InChI is InChI=1S/C28H33N5O3/c1-32-12-14-33(15-13-32)23-9-5-8-22(18-23)28(34)31-27(30)25-11-10-24(19-26(25)29)36-17-16-35-20-21-6-3-2-4-7-21/h2-11,18-19H,12-17,20,29H2,1H3,(H2,30,31,34)/p+1. The molecule has 0 aliphatic carbocycles. The van der Waals surface area contributed by atoms with Gasteiger partial charge in [0.2, 0.25) is 0 Å². The highest BCUT2D eigenvalue weighted by molar-refractivity contribution is 6.12. The van der Waals surface area contributed by atoms with Gasteiger partial charge in [0.25, 0.3) is 5.84 Å². The summed E-state index contributed by atoms with van der Waals surface area (Å²) < 4.78 is 11.4. The van der Waals surface area contributed by atoms with Gasteiger partial charge in [-0.1, -0.05) is 36.4 Å². The van der Waals surface area contributed by atoms with Gasteiger partial charge in [-0.3, -0.25) is 5.41 Å². The molecule has 3 aromatic carbocycles. The number of rotatable bonds is 9. The zero-order valence-electron chi connectivity index (χ0n) is 20.7. The van der Waals surface area contributed by atoms with Crippen LogP contribution in [-0.4, -0.2) is 63.1 Å². The molecule has 0 radical (unpaired) electrons. The molecule has 0 bridgehead atoms. The number of hydrogen-bond donors (Lipinski definition) is 3. The highest BCUT2D eigenvalue weighted by Crippen LogP contribution is 2.21. The van der Waals surface area contributed by atoms with Crippen molar-refractivity contribution in [2.45, 2.75) is 6.61 Å². The molecule has 0 aromatic heterocycles. The Balaban J connectivity index is 1.28. The molecule has 8 heteroatoms. The quantitative estimate of drug-likeness (QED) is 0.183. The highest BCUT2D eigenvalue weighted by atomic mass is 16.5. The molecule has 0 atom stereocenters. The van der Waals surface area contributed by atoms with Gasteiger partial charge < -0.3 is 25.0 Å². The fourth-order valence-corrected chi connectivity index (χ4v) is 4.03. The molecule has 8 nitrogen and oxygen atoms in total. The van der Waals surface area contributed by atoms with Gasteiger partial charge in [0, 0.05) is 37.9 Å². The van der Waals surface area contributed by atoms with Crippen molar-refractivity contribution in [1.82, 2.24) is 10.2 Å². The number of piperazine rings is 1. The van der Waals surface area contributed by atoms with Crippen LogP contribution in [0, 0.1) is 0 Å². The zero-order valence-corrected chi connectivity index (χ0v) is 20.7. The molecule has 4 rings (SSSR count). The Kier molecular flexibility index (Phi) is 8.54. The highest BCUT2D eigenvalue weighted by Gasteiger charge is 2.20. The van der Waals surface area contributed by atoms with Crippen molar-refractivity contribution < 1.29 is 19.7 Å². The smallest absolute Gasteiger partial charge is 0.339 e. The molecular weight excluding hydrogens is 454 g/mol. The lowest BCUT2D eigenvalue weighted by molar-refractivity contribution is -0.116. The second-order valence-electron chi connectivity index (χ2n) is 8.84. The molecule has 1 fully saturated rings. The van der Waals surface area contributed by atoms with E-state index in [-0.39, 0.29) is 11.7 Å². The normalized spacial score (nSPS) is 13.9. The van der Waals surface area contributed by atoms with Gasteiger partial charge in [-0.2, -0.15) is 0 Å². The van der Waals surface area contributed by atoms with E-state index in [1.165, 1.54) is 0 Å². The number of anilines is 2. The molecule has 0 saturated carbocycles. The second-order valence-corrected chi connectivity index (χ2v) is 8.84. The van der Waals surface area contributed by atoms with Crippen molar-refractivity contribution in [2.75, 3.05) is 57.1 Å². The summed E-state index contributed by atoms with van der Waals surface area (Å²) >= 11 is 0. The Bertz CT molecular complexity index is 1180. The van der Waals surface area contributed by atoms with Gasteiger partial charge in [-0.15, -0.1) is 0 Å². The van der Waals surface area contributed by atoms with Gasteiger partial charge in [-0.25, -0.2) is 10.1 Å². The number of nitrogens with two attached hydrogens (primary N) is 2. The number of nitrogen functional groups attached to an aromatic ring is 1. The SMILES string of the molecule is CN1CCN(c2cccc(C(=O)NC(=[NH2+])c3ccc(OCCOCc4ccccc4)cc3N)c2)CC1. The van der Waals surface area contributed by atoms with E-state index < -0.39 is 0 Å². The maximum absolute atomic E-state index is 12.9. The fraction of sp³-hybridized carbons (Fsp3) is 0.286. The maximum Gasteiger partial charge on any atom is 0.339 e. The van der Waals surface area contributed by atoms with Crippen LogP contribution in [0.3, 0.4) is 0 Å². The largest absolute Gasteiger partial charge is 0.491 e. The number of amides is 1. The minimum absolute atomic E-state index is 0.195. The summed E-state index contributed by atoms with van der Waals surface area (Å²) in [6.45, 7) is 5.24. The molecule has 0 spiro atoms. The average molecular weight is 489 g/mol. The summed E-state index contributed by atoms with van der Waals surface area (Å²) in [6, 6.07) is 22.8. The molecule has 1 saturated heterocycles. The van der Waals surface area contributed by atoms with Crippen molar-refractivity contribution in [3.05, 3.63) is 89.5 Å². The molecular formula is C28H34N5O3+. The van der Waals surface area contributed by atoms with Crippen molar-refractivity contribution in [1.29, 1.82) is 0 Å². The Morgan fingerprint density at radius 2 is 1.75 bits per heavy atom. The van der Waals surface area contributed by atoms with Gasteiger partial charge in [0.15, 0.2) is 0 Å². The second kappa shape index (κ2) is 12.2. The van der Waals surface area contributed by atoms with Gasteiger partial charge in [0.1, 0.15) is 12.4 Å². The molecule has 5 N–H and O–H groups in total. The fourth-order valence-electron chi connectivity index (χ4n) is 4.03. The first-order valence-electron chi connectivity index (χ1n) is 12.1. The number of amidine groups is 1. The topological polar surface area (TPSA) is 106 Å². The third kappa shape index (κ3) is 6.84. The predicted molar refractivity (Wildman–Crippen MR) is 142 cm³/mol. The molecule has 1 aliphatic heterocycles. The number of nitrogens with one attached hydrogen (secondary N) is 1. The van der Waals surface area contributed by atoms with Crippen LogP contribution in [0.2, 0.25) is 0 Å². The molecule has 1 aliphatic rings. The Morgan fingerprint density at radius 3 is 2.50 bits per heavy atom. The summed E-state index contributed by atoms with van der Waals surface area (Å²) in [5.74, 6) is 0.526. The number of hydrogen-bond acceptors (Lipinski definition) is 6. The summed E-state index contributed by atoms with van der Waals surface area (Å²) in [4.78, 5) is 17.5. The zero-order chi connectivity index (χ0) is 25.3. The van der Waals surface area contributed by atoms with E-state index in [2.05, 4.69) is 22.2 Å². The predicted octanol–water partition coefficient (Wildman–Crippen LogP) is 1.55. The monoisotopic (exact) mass is 488 g/mol. The number of carbonyl (C=O) groups excluding carboxylic acids is 1. The Hall–Kier alpha value is -3.88. The van der Waals surface area contributed by atoms with Crippen LogP contribution in [-0.2, 0) is 11.3 Å². The van der Waals surface area contributed by atoms with E-state index in [0.29, 0.717) is 42.4 Å². The van der Waals surface area contributed by atoms with Gasteiger partial charge >= 0.3 is 5.91 Å². The van der Waals surface area contributed by atoms with Crippen LogP contribution in [0.5, 0.6) is 5.75 Å². The minimum Gasteiger partial charge on any atom is -0.491 e. The lowest BCUT2D eigenvalue weighted by Gasteiger charge is -2.34. The van der Waals surface area contributed by atoms with Crippen molar-refractivity contribution >= 4 is 23.1 Å². The number of benzene rings is 3. The molecule has 36 heavy (non-hydrogen) atoms. The first-order valence-corrected chi connectivity index (χ1v) is 12.1. The van der Waals surface area contributed by atoms with E-state index in [0.717, 1.165) is 37.4 Å². The third-order valence-electron chi connectivity index (χ3n) is 6.15. The van der Waals surface area contributed by atoms with Crippen molar-refractivity contribution in [3.63, 3.8) is 0 Å².